The summed E-state index contributed by atoms with van der Waals surface area (Å²) < 4.78 is 50.7. The molecule has 0 radical (unpaired) electrons. The summed E-state index contributed by atoms with van der Waals surface area (Å²) in [7, 11) is 1.30. The van der Waals surface area contributed by atoms with Crippen LogP contribution in [0.2, 0.25) is 0 Å². The molecule has 2 aromatic carbocycles. The van der Waals surface area contributed by atoms with E-state index in [1.54, 1.807) is 6.07 Å². The maximum Gasteiger partial charge on any atom is 0.421 e. The number of para-hydroxylation sites is 2. The molecule has 1 fully saturated rings. The van der Waals surface area contributed by atoms with Crippen molar-refractivity contribution >= 4 is 35.2 Å². The van der Waals surface area contributed by atoms with Crippen LogP contribution in [-0.2, 0) is 30.1 Å². The van der Waals surface area contributed by atoms with Gasteiger partial charge in [0.2, 0.25) is 5.91 Å². The number of nitrogens with one attached hydrogen (secondary N) is 1. The maximum absolute atomic E-state index is 15.1. The van der Waals surface area contributed by atoms with Crippen molar-refractivity contribution in [2.24, 2.45) is 5.92 Å². The van der Waals surface area contributed by atoms with Gasteiger partial charge in [0.05, 0.1) is 5.69 Å². The fourth-order valence-electron chi connectivity index (χ4n) is 5.68. The minimum absolute atomic E-state index is 0.0777. The quantitative estimate of drug-likeness (QED) is 0.559. The zero-order valence-corrected chi connectivity index (χ0v) is 19.8. The van der Waals surface area contributed by atoms with Crippen molar-refractivity contribution in [2.45, 2.75) is 43.5 Å². The van der Waals surface area contributed by atoms with Gasteiger partial charge in [-0.15, -0.1) is 0 Å². The number of likely N-dealkylation sites (N-methyl/N-ethyl adjacent to an activating group) is 1. The van der Waals surface area contributed by atoms with Gasteiger partial charge < -0.3 is 15.0 Å². The van der Waals surface area contributed by atoms with E-state index in [9.17, 15) is 19.2 Å². The van der Waals surface area contributed by atoms with Crippen LogP contribution >= 0.6 is 0 Å². The Kier molecular flexibility index (Phi) is 4.69. The highest BCUT2D eigenvalue weighted by Crippen LogP contribution is 2.63. The van der Waals surface area contributed by atoms with Crippen molar-refractivity contribution in [3.05, 3.63) is 59.7 Å². The van der Waals surface area contributed by atoms with Crippen LogP contribution in [0.4, 0.5) is 29.3 Å². The van der Waals surface area contributed by atoms with Crippen LogP contribution in [0.3, 0.4) is 0 Å². The highest BCUT2D eigenvalue weighted by molar-refractivity contribution is 6.32. The molecule has 0 aromatic heterocycles. The molecule has 0 saturated carbocycles. The molecule has 0 bridgehead atoms. The van der Waals surface area contributed by atoms with E-state index in [1.807, 2.05) is 0 Å². The smallest absolute Gasteiger partial charge is 0.421 e. The number of carbonyl (C=O) groups is 4. The Labute approximate surface area is 204 Å². The number of nitrogens with zero attached hydrogens (tertiary/aromatic N) is 2. The second-order valence-electron chi connectivity index (χ2n) is 10.1. The summed E-state index contributed by atoms with van der Waals surface area (Å²) in [4.78, 5) is 55.8. The van der Waals surface area contributed by atoms with E-state index in [4.69, 9.17) is 4.74 Å². The lowest BCUT2D eigenvalue weighted by Crippen LogP contribution is -2.59. The van der Waals surface area contributed by atoms with Gasteiger partial charge in [-0.05, 0) is 32.9 Å². The first-order valence-corrected chi connectivity index (χ1v) is 11.1. The van der Waals surface area contributed by atoms with Gasteiger partial charge in [-0.25, -0.2) is 9.69 Å². The lowest BCUT2D eigenvalue weighted by molar-refractivity contribution is -0.205. The van der Waals surface area contributed by atoms with Crippen molar-refractivity contribution in [1.29, 1.82) is 0 Å². The van der Waals surface area contributed by atoms with E-state index < -0.39 is 52.5 Å². The van der Waals surface area contributed by atoms with Crippen LogP contribution in [0.25, 0.3) is 0 Å². The van der Waals surface area contributed by atoms with Gasteiger partial charge in [-0.2, -0.15) is 13.2 Å². The molecule has 0 aliphatic carbocycles. The predicted molar refractivity (Wildman–Crippen MR) is 121 cm³/mol. The Hall–Kier alpha value is -3.89. The molecular formula is C25H22F3N3O5. The van der Waals surface area contributed by atoms with Crippen LogP contribution in [0.5, 0.6) is 0 Å². The number of benzene rings is 2. The van der Waals surface area contributed by atoms with Gasteiger partial charge in [0.1, 0.15) is 11.5 Å². The second-order valence-corrected chi connectivity index (χ2v) is 10.1. The third-order valence-electron chi connectivity index (χ3n) is 6.88. The van der Waals surface area contributed by atoms with E-state index in [2.05, 4.69) is 5.32 Å². The minimum atomic E-state index is -5.22. The van der Waals surface area contributed by atoms with Crippen LogP contribution < -0.4 is 15.1 Å². The fraction of sp³-hybridized carbons (Fsp3) is 0.360. The van der Waals surface area contributed by atoms with E-state index in [0.717, 1.165) is 4.90 Å². The highest BCUT2D eigenvalue weighted by Gasteiger charge is 2.82. The maximum atomic E-state index is 15.1. The molecule has 11 heteroatoms. The zero-order chi connectivity index (χ0) is 26.4. The minimum Gasteiger partial charge on any atom is -0.443 e. The zero-order valence-electron chi connectivity index (χ0n) is 19.8. The molecule has 1 N–H and O–H groups in total. The molecule has 3 heterocycles. The molecule has 0 unspecified atom stereocenters. The normalized spacial score (nSPS) is 27.1. The van der Waals surface area contributed by atoms with Gasteiger partial charge in [0.25, 0.3) is 11.8 Å². The van der Waals surface area contributed by atoms with Crippen LogP contribution in [0, 0.1) is 5.92 Å². The number of amides is 4. The number of hydrogen-bond donors (Lipinski definition) is 1. The molecular weight excluding hydrogens is 479 g/mol. The SMILES string of the molecule is CN1C(=O)[C@]2(NC(=O)[C@]3(C(=O)N(C(=O)OC(C)(C)C)c4ccccc43)[C@@H]2C(F)(F)F)c2ccccc21. The number of fused-ring (bicyclic) bond motifs is 4. The van der Waals surface area contributed by atoms with Gasteiger partial charge >= 0.3 is 12.3 Å². The van der Waals surface area contributed by atoms with Crippen molar-refractivity contribution in [1.82, 2.24) is 5.32 Å². The molecule has 5 rings (SSSR count). The fourth-order valence-corrected chi connectivity index (χ4v) is 5.68. The summed E-state index contributed by atoms with van der Waals surface area (Å²) in [5.41, 5.74) is -7.04. The number of rotatable bonds is 0. The Morgan fingerprint density at radius 2 is 1.47 bits per heavy atom. The van der Waals surface area contributed by atoms with E-state index in [0.29, 0.717) is 4.90 Å². The Bertz CT molecular complexity index is 1350. The first-order valence-electron chi connectivity index (χ1n) is 11.1. The predicted octanol–water partition coefficient (Wildman–Crippen LogP) is 3.39. The van der Waals surface area contributed by atoms with Gasteiger partial charge in [0.15, 0.2) is 11.0 Å². The number of anilines is 2. The number of halogens is 3. The summed E-state index contributed by atoms with van der Waals surface area (Å²) in [5.74, 6) is -6.61. The average molecular weight is 501 g/mol. The summed E-state index contributed by atoms with van der Waals surface area (Å²) in [6, 6.07) is 11.1. The summed E-state index contributed by atoms with van der Waals surface area (Å²) in [5, 5.41) is 2.28. The number of ether oxygens (including phenoxy) is 1. The number of carbonyl (C=O) groups excluding carboxylic acids is 4. The van der Waals surface area contributed by atoms with E-state index in [-0.39, 0.29) is 22.5 Å². The van der Waals surface area contributed by atoms with Gasteiger partial charge in [-0.3, -0.25) is 14.4 Å². The van der Waals surface area contributed by atoms with Crippen LogP contribution in [-0.4, -0.2) is 42.6 Å². The van der Waals surface area contributed by atoms with E-state index >= 15 is 13.2 Å². The molecule has 188 valence electrons. The average Bonchev–Trinajstić information content (AvgIpc) is 3.29. The third kappa shape index (κ3) is 2.76. The van der Waals surface area contributed by atoms with Gasteiger partial charge in [0, 0.05) is 23.9 Å². The molecule has 36 heavy (non-hydrogen) atoms. The van der Waals surface area contributed by atoms with Crippen molar-refractivity contribution in [3.63, 3.8) is 0 Å². The molecule has 4 amide bonds. The Morgan fingerprint density at radius 3 is 2.06 bits per heavy atom. The number of hydrogen-bond acceptors (Lipinski definition) is 5. The Morgan fingerprint density at radius 1 is 0.917 bits per heavy atom. The first-order chi connectivity index (χ1) is 16.7. The Balaban J connectivity index is 1.81. The number of alkyl halides is 3. The summed E-state index contributed by atoms with van der Waals surface area (Å²) in [6.07, 6.45) is -6.44. The standard InChI is InChI=1S/C25H22F3N3O5/c1-22(2,3)36-21(35)31-16-12-8-5-9-13(16)23(19(31)33)17(25(26,27)28)24(29-18(23)32)14-10-6-7-11-15(14)30(4)20(24)34/h5-12,17H,1-4H3,(H,29,32)/t17-,23+,24-/m0/s1. The second kappa shape index (κ2) is 7.08. The summed E-state index contributed by atoms with van der Waals surface area (Å²) in [6.45, 7) is 4.60. The van der Waals surface area contributed by atoms with E-state index in [1.165, 1.54) is 70.3 Å². The first kappa shape index (κ1) is 23.8. The highest BCUT2D eigenvalue weighted by atomic mass is 19.4. The van der Waals surface area contributed by atoms with Crippen molar-refractivity contribution in [2.75, 3.05) is 16.8 Å². The molecule has 1 saturated heterocycles. The monoisotopic (exact) mass is 501 g/mol. The van der Waals surface area contributed by atoms with Crippen LogP contribution in [0.15, 0.2) is 48.5 Å². The van der Waals surface area contributed by atoms with Crippen molar-refractivity contribution in [3.8, 4) is 0 Å². The lowest BCUT2D eigenvalue weighted by Gasteiger charge is -2.36. The molecule has 3 aliphatic rings. The third-order valence-corrected chi connectivity index (χ3v) is 6.88. The topological polar surface area (TPSA) is 96.0 Å². The largest absolute Gasteiger partial charge is 0.443 e. The van der Waals surface area contributed by atoms with Crippen LogP contribution in [0.1, 0.15) is 31.9 Å². The van der Waals surface area contributed by atoms with Crippen molar-refractivity contribution < 1.29 is 37.1 Å². The molecule has 2 aromatic rings. The molecule has 2 spiro atoms. The lowest BCUT2D eigenvalue weighted by atomic mass is 9.64. The number of imide groups is 1. The van der Waals surface area contributed by atoms with Gasteiger partial charge in [-0.1, -0.05) is 36.4 Å². The molecule has 8 nitrogen and oxygen atoms in total. The molecule has 3 aliphatic heterocycles. The summed E-state index contributed by atoms with van der Waals surface area (Å²) >= 11 is 0. The molecule has 3 atom stereocenters.